The number of rotatable bonds is 6. The van der Waals surface area contributed by atoms with E-state index in [9.17, 15) is 9.59 Å². The lowest BCUT2D eigenvalue weighted by molar-refractivity contribution is -0.125. The minimum atomic E-state index is -0.153. The molecule has 2 rings (SSSR count). The molecule has 4 heteroatoms. The fourth-order valence-corrected chi connectivity index (χ4v) is 2.24. The molecule has 0 unspecified atom stereocenters. The Balaban J connectivity index is 1.90. The van der Waals surface area contributed by atoms with Gasteiger partial charge in [-0.2, -0.15) is 0 Å². The third-order valence-corrected chi connectivity index (χ3v) is 3.38. The van der Waals surface area contributed by atoms with Crippen LogP contribution in [-0.4, -0.2) is 24.9 Å². The average Bonchev–Trinajstić information content (AvgIpc) is 2.51. The highest BCUT2D eigenvalue weighted by atomic mass is 16.2. The molecule has 0 bridgehead atoms. The highest BCUT2D eigenvalue weighted by molar-refractivity contribution is 5.91. The van der Waals surface area contributed by atoms with Crippen molar-refractivity contribution in [2.75, 3.05) is 13.1 Å². The van der Waals surface area contributed by atoms with Gasteiger partial charge >= 0.3 is 0 Å². The first-order valence-electron chi connectivity index (χ1n) is 7.56. The van der Waals surface area contributed by atoms with Gasteiger partial charge < -0.3 is 10.6 Å². The molecule has 0 saturated heterocycles. The Hall–Kier alpha value is -2.36. The zero-order valence-electron chi connectivity index (χ0n) is 13.1. The van der Waals surface area contributed by atoms with Crippen molar-refractivity contribution in [1.29, 1.82) is 0 Å². The van der Waals surface area contributed by atoms with Crippen molar-refractivity contribution in [2.24, 2.45) is 5.92 Å². The predicted octanol–water partition coefficient (Wildman–Crippen LogP) is 2.27. The molecule has 0 fully saturated rings. The van der Waals surface area contributed by atoms with Crippen LogP contribution in [0, 0.1) is 5.92 Å². The van der Waals surface area contributed by atoms with E-state index in [2.05, 4.69) is 10.6 Å². The molecule has 0 aromatic heterocycles. The lowest BCUT2D eigenvalue weighted by atomic mass is 10.0. The SMILES string of the molecule is CC(C)CNC(=O)CNC(=O)Cc1cccc2ccccc12. The minimum absolute atomic E-state index is 0.0241. The van der Waals surface area contributed by atoms with Gasteiger partial charge in [-0.3, -0.25) is 9.59 Å². The van der Waals surface area contributed by atoms with E-state index in [1.165, 1.54) is 0 Å². The molecule has 0 aliphatic rings. The van der Waals surface area contributed by atoms with E-state index < -0.39 is 0 Å². The highest BCUT2D eigenvalue weighted by Gasteiger charge is 2.08. The zero-order valence-corrected chi connectivity index (χ0v) is 13.1. The monoisotopic (exact) mass is 298 g/mol. The van der Waals surface area contributed by atoms with Crippen LogP contribution < -0.4 is 10.6 Å². The first kappa shape index (κ1) is 16.0. The summed E-state index contributed by atoms with van der Waals surface area (Å²) in [6.45, 7) is 4.70. The van der Waals surface area contributed by atoms with E-state index >= 15 is 0 Å². The van der Waals surface area contributed by atoms with Crippen molar-refractivity contribution in [3.8, 4) is 0 Å². The molecule has 2 aromatic rings. The number of hydrogen-bond donors (Lipinski definition) is 2. The van der Waals surface area contributed by atoms with Crippen LogP contribution in [0.1, 0.15) is 19.4 Å². The van der Waals surface area contributed by atoms with E-state index in [-0.39, 0.29) is 24.8 Å². The highest BCUT2D eigenvalue weighted by Crippen LogP contribution is 2.18. The number of nitrogens with one attached hydrogen (secondary N) is 2. The fourth-order valence-electron chi connectivity index (χ4n) is 2.24. The topological polar surface area (TPSA) is 58.2 Å². The second kappa shape index (κ2) is 7.59. The van der Waals surface area contributed by atoms with Crippen LogP contribution in [0.2, 0.25) is 0 Å². The summed E-state index contributed by atoms with van der Waals surface area (Å²) in [5.74, 6) is 0.103. The van der Waals surface area contributed by atoms with Crippen LogP contribution in [0.25, 0.3) is 10.8 Å². The van der Waals surface area contributed by atoms with E-state index in [1.807, 2.05) is 56.3 Å². The molecule has 4 nitrogen and oxygen atoms in total. The number of carbonyl (C=O) groups excluding carboxylic acids is 2. The molecule has 0 aliphatic heterocycles. The summed E-state index contributed by atoms with van der Waals surface area (Å²) < 4.78 is 0. The van der Waals surface area contributed by atoms with Gasteiger partial charge in [-0.15, -0.1) is 0 Å². The maximum absolute atomic E-state index is 12.0. The minimum Gasteiger partial charge on any atom is -0.354 e. The van der Waals surface area contributed by atoms with Crippen LogP contribution in [0.4, 0.5) is 0 Å². The molecule has 0 aliphatic carbocycles. The van der Waals surface area contributed by atoms with Gasteiger partial charge in [0, 0.05) is 6.54 Å². The Morgan fingerprint density at radius 3 is 2.45 bits per heavy atom. The summed E-state index contributed by atoms with van der Waals surface area (Å²) in [6, 6.07) is 13.9. The van der Waals surface area contributed by atoms with E-state index in [0.717, 1.165) is 16.3 Å². The second-order valence-corrected chi connectivity index (χ2v) is 5.79. The zero-order chi connectivity index (χ0) is 15.9. The van der Waals surface area contributed by atoms with Gasteiger partial charge in [0.1, 0.15) is 0 Å². The Labute approximate surface area is 130 Å². The maximum Gasteiger partial charge on any atom is 0.239 e. The lowest BCUT2D eigenvalue weighted by Gasteiger charge is -2.09. The molecular weight excluding hydrogens is 276 g/mol. The van der Waals surface area contributed by atoms with Gasteiger partial charge in [0.15, 0.2) is 0 Å². The van der Waals surface area contributed by atoms with Gasteiger partial charge in [0.2, 0.25) is 11.8 Å². The van der Waals surface area contributed by atoms with Crippen molar-refractivity contribution in [3.63, 3.8) is 0 Å². The van der Waals surface area contributed by atoms with Crippen LogP contribution >= 0.6 is 0 Å². The molecular formula is C18H22N2O2. The first-order chi connectivity index (χ1) is 10.6. The van der Waals surface area contributed by atoms with Crippen LogP contribution in [0.15, 0.2) is 42.5 Å². The van der Waals surface area contributed by atoms with Crippen molar-refractivity contribution in [3.05, 3.63) is 48.0 Å². The predicted molar refractivity (Wildman–Crippen MR) is 88.5 cm³/mol. The smallest absolute Gasteiger partial charge is 0.239 e. The molecule has 2 N–H and O–H groups in total. The summed E-state index contributed by atoms with van der Waals surface area (Å²) in [5, 5.41) is 7.63. The summed E-state index contributed by atoms with van der Waals surface area (Å²) >= 11 is 0. The van der Waals surface area contributed by atoms with Crippen molar-refractivity contribution in [1.82, 2.24) is 10.6 Å². The third kappa shape index (κ3) is 4.58. The fraction of sp³-hybridized carbons (Fsp3) is 0.333. The van der Waals surface area contributed by atoms with E-state index in [1.54, 1.807) is 0 Å². The Kier molecular flexibility index (Phi) is 5.53. The van der Waals surface area contributed by atoms with Gasteiger partial charge in [-0.05, 0) is 22.3 Å². The number of hydrogen-bond acceptors (Lipinski definition) is 2. The molecule has 0 saturated carbocycles. The number of fused-ring (bicyclic) bond motifs is 1. The second-order valence-electron chi connectivity index (χ2n) is 5.79. The van der Waals surface area contributed by atoms with Crippen LogP contribution in [0.3, 0.4) is 0 Å². The molecule has 2 amide bonds. The number of benzene rings is 2. The van der Waals surface area contributed by atoms with E-state index in [4.69, 9.17) is 0 Å². The largest absolute Gasteiger partial charge is 0.354 e. The van der Waals surface area contributed by atoms with Gasteiger partial charge in [0.05, 0.1) is 13.0 Å². The Bertz CT molecular complexity index is 660. The first-order valence-corrected chi connectivity index (χ1v) is 7.56. The molecule has 0 heterocycles. The molecule has 0 atom stereocenters. The maximum atomic E-state index is 12.0. The van der Waals surface area contributed by atoms with Gasteiger partial charge in [0.25, 0.3) is 0 Å². The summed E-state index contributed by atoms with van der Waals surface area (Å²) in [6.07, 6.45) is 0.277. The van der Waals surface area contributed by atoms with Crippen LogP contribution in [0.5, 0.6) is 0 Å². The van der Waals surface area contributed by atoms with Crippen molar-refractivity contribution >= 4 is 22.6 Å². The van der Waals surface area contributed by atoms with Crippen molar-refractivity contribution in [2.45, 2.75) is 20.3 Å². The third-order valence-electron chi connectivity index (χ3n) is 3.38. The summed E-state index contributed by atoms with van der Waals surface area (Å²) in [7, 11) is 0. The Morgan fingerprint density at radius 2 is 1.68 bits per heavy atom. The lowest BCUT2D eigenvalue weighted by Crippen LogP contribution is -2.38. The molecule has 116 valence electrons. The van der Waals surface area contributed by atoms with Crippen LogP contribution in [-0.2, 0) is 16.0 Å². The van der Waals surface area contributed by atoms with Gasteiger partial charge in [-0.25, -0.2) is 0 Å². The van der Waals surface area contributed by atoms with E-state index in [0.29, 0.717) is 12.5 Å². The quantitative estimate of drug-likeness (QED) is 0.859. The average molecular weight is 298 g/mol. The molecule has 0 spiro atoms. The number of amides is 2. The summed E-state index contributed by atoms with van der Waals surface area (Å²) in [4.78, 5) is 23.6. The molecule has 0 radical (unpaired) electrons. The van der Waals surface area contributed by atoms with Crippen molar-refractivity contribution < 1.29 is 9.59 Å². The summed E-state index contributed by atoms with van der Waals surface area (Å²) in [5.41, 5.74) is 0.971. The normalized spacial score (nSPS) is 10.7. The Morgan fingerprint density at radius 1 is 0.955 bits per heavy atom. The standard InChI is InChI=1S/C18H22N2O2/c1-13(2)11-19-18(22)12-20-17(21)10-15-8-5-7-14-6-3-4-9-16(14)15/h3-9,13H,10-12H2,1-2H3,(H,19,22)(H,20,21). The molecule has 2 aromatic carbocycles. The van der Waals surface area contributed by atoms with Gasteiger partial charge in [-0.1, -0.05) is 56.3 Å². The molecule has 22 heavy (non-hydrogen) atoms. The number of carbonyl (C=O) groups is 2.